The second-order valence-corrected chi connectivity index (χ2v) is 5.40. The summed E-state index contributed by atoms with van der Waals surface area (Å²) in [5.41, 5.74) is 2.95. The van der Waals surface area contributed by atoms with E-state index in [1.807, 2.05) is 24.7 Å². The van der Waals surface area contributed by atoms with Crippen LogP contribution in [0.3, 0.4) is 0 Å². The molecule has 1 N–H and O–H groups in total. The molecule has 112 valence electrons. The van der Waals surface area contributed by atoms with Gasteiger partial charge >= 0.3 is 5.97 Å². The lowest BCUT2D eigenvalue weighted by molar-refractivity contribution is 0.0696. The molecule has 1 unspecified atom stereocenters. The van der Waals surface area contributed by atoms with E-state index >= 15 is 0 Å². The van der Waals surface area contributed by atoms with Gasteiger partial charge in [-0.1, -0.05) is 6.07 Å². The summed E-state index contributed by atoms with van der Waals surface area (Å²) in [5, 5.41) is 9.07. The number of aromatic carboxylic acids is 1. The van der Waals surface area contributed by atoms with Gasteiger partial charge in [0.2, 0.25) is 0 Å². The molecule has 0 bridgehead atoms. The number of aromatic nitrogens is 2. The number of hydrogen-bond acceptors (Lipinski definition) is 2. The molecule has 1 aromatic heterocycles. The predicted molar refractivity (Wildman–Crippen MR) is 83.2 cm³/mol. The van der Waals surface area contributed by atoms with Crippen LogP contribution < -0.4 is 0 Å². The summed E-state index contributed by atoms with van der Waals surface area (Å²) in [6.07, 6.45) is 10.0. The van der Waals surface area contributed by atoms with Gasteiger partial charge in [-0.2, -0.15) is 0 Å². The first kappa shape index (κ1) is 15.6. The van der Waals surface area contributed by atoms with Gasteiger partial charge in [0.25, 0.3) is 0 Å². The van der Waals surface area contributed by atoms with Gasteiger partial charge in [0.05, 0.1) is 11.9 Å². The summed E-state index contributed by atoms with van der Waals surface area (Å²) in [4.78, 5) is 15.1. The molecule has 0 aliphatic heterocycles. The molecule has 3 rings (SSSR count). The zero-order valence-electron chi connectivity index (χ0n) is 11.7. The van der Waals surface area contributed by atoms with Crippen molar-refractivity contribution in [3.05, 3.63) is 53.6 Å². The molecule has 2 aromatic rings. The van der Waals surface area contributed by atoms with Crippen molar-refractivity contribution in [3.8, 4) is 0 Å². The van der Waals surface area contributed by atoms with Crippen LogP contribution >= 0.6 is 12.4 Å². The van der Waals surface area contributed by atoms with Gasteiger partial charge in [-0.15, -0.1) is 12.4 Å². The number of carboxylic acid groups (broad SMARTS) is 1. The molecule has 0 amide bonds. The second-order valence-electron chi connectivity index (χ2n) is 5.40. The minimum atomic E-state index is -0.840. The minimum Gasteiger partial charge on any atom is -0.478 e. The molecule has 21 heavy (non-hydrogen) atoms. The highest BCUT2D eigenvalue weighted by Crippen LogP contribution is 2.34. The third-order valence-corrected chi connectivity index (χ3v) is 4.12. The molecule has 5 heteroatoms. The van der Waals surface area contributed by atoms with Crippen molar-refractivity contribution in [1.82, 2.24) is 9.55 Å². The molecule has 1 aliphatic rings. The third kappa shape index (κ3) is 3.45. The van der Waals surface area contributed by atoms with Crippen molar-refractivity contribution in [2.24, 2.45) is 0 Å². The topological polar surface area (TPSA) is 55.1 Å². The van der Waals surface area contributed by atoms with Crippen LogP contribution in [0.15, 0.2) is 36.9 Å². The fraction of sp³-hybridized carbons (Fsp3) is 0.375. The number of carbonyl (C=O) groups is 1. The number of hydrogen-bond donors (Lipinski definition) is 1. The Morgan fingerprint density at radius 1 is 1.43 bits per heavy atom. The number of aryl methyl sites for hydroxylation is 2. The third-order valence-electron chi connectivity index (χ3n) is 4.12. The Morgan fingerprint density at radius 3 is 3.00 bits per heavy atom. The van der Waals surface area contributed by atoms with Crippen LogP contribution in [0.1, 0.15) is 46.7 Å². The van der Waals surface area contributed by atoms with Crippen molar-refractivity contribution >= 4 is 18.4 Å². The average molecular weight is 307 g/mol. The largest absolute Gasteiger partial charge is 0.478 e. The molecule has 1 atom stereocenters. The summed E-state index contributed by atoms with van der Waals surface area (Å²) in [5.74, 6) is -0.308. The number of benzene rings is 1. The first-order valence-corrected chi connectivity index (χ1v) is 7.06. The van der Waals surface area contributed by atoms with E-state index in [1.54, 1.807) is 12.3 Å². The van der Waals surface area contributed by atoms with Crippen molar-refractivity contribution in [2.75, 3.05) is 0 Å². The number of nitrogens with zero attached hydrogens (tertiary/aromatic N) is 2. The van der Waals surface area contributed by atoms with Crippen LogP contribution in [0.25, 0.3) is 0 Å². The van der Waals surface area contributed by atoms with Gasteiger partial charge in [0, 0.05) is 18.9 Å². The maximum absolute atomic E-state index is 11.0. The van der Waals surface area contributed by atoms with E-state index in [1.165, 1.54) is 17.5 Å². The van der Waals surface area contributed by atoms with Gasteiger partial charge in [-0.3, -0.25) is 0 Å². The Morgan fingerprint density at radius 2 is 2.29 bits per heavy atom. The molecule has 1 aliphatic carbocycles. The van der Waals surface area contributed by atoms with Crippen LogP contribution in [-0.4, -0.2) is 20.6 Å². The summed E-state index contributed by atoms with van der Waals surface area (Å²) < 4.78 is 2.10. The van der Waals surface area contributed by atoms with Gasteiger partial charge in [0.15, 0.2) is 0 Å². The van der Waals surface area contributed by atoms with Crippen LogP contribution in [0.5, 0.6) is 0 Å². The second kappa shape index (κ2) is 6.76. The first-order valence-electron chi connectivity index (χ1n) is 7.06. The number of fused-ring (bicyclic) bond motifs is 1. The Balaban J connectivity index is 0.00000161. The van der Waals surface area contributed by atoms with E-state index in [0.717, 1.165) is 25.8 Å². The van der Waals surface area contributed by atoms with E-state index in [2.05, 4.69) is 9.55 Å². The van der Waals surface area contributed by atoms with Gasteiger partial charge in [-0.05, 0) is 54.9 Å². The number of carboxylic acids is 1. The van der Waals surface area contributed by atoms with Gasteiger partial charge in [-0.25, -0.2) is 9.78 Å². The lowest BCUT2D eigenvalue weighted by atomic mass is 9.80. The molecular weight excluding hydrogens is 288 g/mol. The Kier molecular flexibility index (Phi) is 5.02. The summed E-state index contributed by atoms with van der Waals surface area (Å²) in [7, 11) is 0. The van der Waals surface area contributed by atoms with Crippen LogP contribution in [0.4, 0.5) is 0 Å². The summed E-state index contributed by atoms with van der Waals surface area (Å²) in [6, 6.07) is 5.59. The lowest BCUT2D eigenvalue weighted by Gasteiger charge is -2.26. The molecular formula is C16H19ClN2O2. The normalized spacial score (nSPS) is 16.9. The summed E-state index contributed by atoms with van der Waals surface area (Å²) >= 11 is 0. The van der Waals surface area contributed by atoms with Crippen molar-refractivity contribution < 1.29 is 9.90 Å². The molecule has 1 aromatic carbocycles. The van der Waals surface area contributed by atoms with E-state index in [9.17, 15) is 4.79 Å². The maximum Gasteiger partial charge on any atom is 0.335 e. The van der Waals surface area contributed by atoms with Crippen LogP contribution in [0.2, 0.25) is 0 Å². The molecule has 0 fully saturated rings. The average Bonchev–Trinajstić information content (AvgIpc) is 2.97. The highest BCUT2D eigenvalue weighted by molar-refractivity contribution is 5.88. The van der Waals surface area contributed by atoms with E-state index in [4.69, 9.17) is 5.11 Å². The SMILES string of the molecule is Cl.O=C(O)c1ccc2c(c1)CCCC2CCn1ccnc1. The van der Waals surface area contributed by atoms with Crippen LogP contribution in [-0.2, 0) is 13.0 Å². The van der Waals surface area contributed by atoms with E-state index in [-0.39, 0.29) is 12.4 Å². The zero-order chi connectivity index (χ0) is 13.9. The standard InChI is InChI=1S/C16H18N2O2.ClH/c19-16(20)14-4-5-15-12(2-1-3-13(15)10-14)6-8-18-9-7-17-11-18;/h4-5,7,9-12H,1-3,6,8H2,(H,19,20);1H. The molecule has 0 saturated heterocycles. The van der Waals surface area contributed by atoms with E-state index < -0.39 is 5.97 Å². The van der Waals surface area contributed by atoms with Crippen molar-refractivity contribution in [1.29, 1.82) is 0 Å². The molecule has 0 saturated carbocycles. The highest BCUT2D eigenvalue weighted by Gasteiger charge is 2.21. The molecule has 0 radical (unpaired) electrons. The quantitative estimate of drug-likeness (QED) is 0.940. The van der Waals surface area contributed by atoms with Gasteiger partial charge < -0.3 is 9.67 Å². The van der Waals surface area contributed by atoms with Crippen molar-refractivity contribution in [2.45, 2.75) is 38.1 Å². The zero-order valence-corrected chi connectivity index (χ0v) is 12.6. The predicted octanol–water partition coefficient (Wildman–Crippen LogP) is 3.51. The number of rotatable bonds is 4. The van der Waals surface area contributed by atoms with E-state index in [0.29, 0.717) is 11.5 Å². The minimum absolute atomic E-state index is 0. The number of imidazole rings is 1. The molecule has 4 nitrogen and oxygen atoms in total. The maximum atomic E-state index is 11.0. The number of halogens is 1. The molecule has 1 heterocycles. The smallest absolute Gasteiger partial charge is 0.335 e. The fourth-order valence-corrected chi connectivity index (χ4v) is 3.07. The van der Waals surface area contributed by atoms with Crippen molar-refractivity contribution in [3.63, 3.8) is 0 Å². The monoisotopic (exact) mass is 306 g/mol. The van der Waals surface area contributed by atoms with Crippen LogP contribution in [0, 0.1) is 0 Å². The Labute approximate surface area is 130 Å². The Hall–Kier alpha value is -1.81. The lowest BCUT2D eigenvalue weighted by Crippen LogP contribution is -2.13. The molecule has 0 spiro atoms. The van der Waals surface area contributed by atoms with Gasteiger partial charge in [0.1, 0.15) is 0 Å². The fourth-order valence-electron chi connectivity index (χ4n) is 3.07. The first-order chi connectivity index (χ1) is 9.74. The summed E-state index contributed by atoms with van der Waals surface area (Å²) in [6.45, 7) is 0.963. The Bertz CT molecular complexity index is 611. The highest BCUT2D eigenvalue weighted by atomic mass is 35.5.